The molecule has 0 spiro atoms. The third-order valence-corrected chi connectivity index (χ3v) is 4.25. The van der Waals surface area contributed by atoms with E-state index >= 15 is 0 Å². The Hall–Kier alpha value is -2.94. The van der Waals surface area contributed by atoms with Crippen LogP contribution in [0.4, 0.5) is 5.69 Å². The van der Waals surface area contributed by atoms with E-state index in [4.69, 9.17) is 0 Å². The summed E-state index contributed by atoms with van der Waals surface area (Å²) in [5.41, 5.74) is 4.11. The monoisotopic (exact) mass is 330 g/mol. The van der Waals surface area contributed by atoms with E-state index in [0.29, 0.717) is 0 Å². The van der Waals surface area contributed by atoms with Crippen molar-refractivity contribution in [1.29, 1.82) is 0 Å². The predicted octanol–water partition coefficient (Wildman–Crippen LogP) is 5.32. The Morgan fingerprint density at radius 3 is 2.48 bits per heavy atom. The Balaban J connectivity index is 2.04. The first kappa shape index (κ1) is 16.9. The van der Waals surface area contributed by atoms with Gasteiger partial charge in [-0.25, -0.2) is 0 Å². The summed E-state index contributed by atoms with van der Waals surface area (Å²) in [6.45, 7) is 10.1. The fraction of sp³-hybridized carbons (Fsp3) is 0.182. The molecule has 3 nitrogen and oxygen atoms in total. The Morgan fingerprint density at radius 1 is 1.12 bits per heavy atom. The molecule has 0 radical (unpaired) electrons. The van der Waals surface area contributed by atoms with Crippen LogP contribution in [-0.4, -0.2) is 10.9 Å². The van der Waals surface area contributed by atoms with Gasteiger partial charge in [-0.05, 0) is 29.2 Å². The normalized spacial score (nSPS) is 11.3. The number of aromatic nitrogens is 1. The highest BCUT2D eigenvalue weighted by Gasteiger charge is 2.13. The molecule has 0 aliphatic heterocycles. The van der Waals surface area contributed by atoms with E-state index in [1.165, 1.54) is 11.6 Å². The molecule has 0 unspecified atom stereocenters. The van der Waals surface area contributed by atoms with E-state index in [-0.39, 0.29) is 11.3 Å². The molecule has 3 rings (SSSR count). The third-order valence-electron chi connectivity index (χ3n) is 4.25. The molecular formula is C22H22N2O. The second-order valence-electron chi connectivity index (χ2n) is 7.12. The Morgan fingerprint density at radius 2 is 1.84 bits per heavy atom. The zero-order valence-electron chi connectivity index (χ0n) is 14.8. The average Bonchev–Trinajstić information content (AvgIpc) is 2.61. The first-order valence-electron chi connectivity index (χ1n) is 8.31. The van der Waals surface area contributed by atoms with Gasteiger partial charge in [0.25, 0.3) is 0 Å². The molecule has 126 valence electrons. The molecule has 25 heavy (non-hydrogen) atoms. The summed E-state index contributed by atoms with van der Waals surface area (Å²) in [5, 5.41) is 4.80. The second kappa shape index (κ2) is 6.52. The number of carbonyl (C=O) groups excluding carboxylic acids is 1. The number of anilines is 1. The zero-order valence-corrected chi connectivity index (χ0v) is 14.8. The van der Waals surface area contributed by atoms with Crippen molar-refractivity contribution < 1.29 is 4.79 Å². The molecule has 0 aliphatic rings. The number of benzene rings is 2. The van der Waals surface area contributed by atoms with Crippen LogP contribution in [0.25, 0.3) is 22.0 Å². The van der Waals surface area contributed by atoms with Crippen LogP contribution in [0.5, 0.6) is 0 Å². The summed E-state index contributed by atoms with van der Waals surface area (Å²) in [6.07, 6.45) is 3.11. The van der Waals surface area contributed by atoms with Crippen LogP contribution in [0.15, 0.2) is 67.4 Å². The van der Waals surface area contributed by atoms with Gasteiger partial charge in [-0.15, -0.1) is 0 Å². The number of nitrogens with zero attached hydrogens (tertiary/aromatic N) is 1. The van der Waals surface area contributed by atoms with Crippen LogP contribution in [0.3, 0.4) is 0 Å². The number of nitrogens with one attached hydrogen (secondary N) is 1. The number of hydrogen-bond acceptors (Lipinski definition) is 2. The Kier molecular flexibility index (Phi) is 4.41. The molecular weight excluding hydrogens is 308 g/mol. The zero-order chi connectivity index (χ0) is 18.0. The van der Waals surface area contributed by atoms with Gasteiger partial charge in [0.2, 0.25) is 5.91 Å². The van der Waals surface area contributed by atoms with Crippen molar-refractivity contribution in [2.24, 2.45) is 0 Å². The van der Waals surface area contributed by atoms with Crippen molar-refractivity contribution in [2.45, 2.75) is 26.2 Å². The van der Waals surface area contributed by atoms with Crippen molar-refractivity contribution in [1.82, 2.24) is 4.98 Å². The largest absolute Gasteiger partial charge is 0.322 e. The number of rotatable bonds is 3. The lowest BCUT2D eigenvalue weighted by molar-refractivity contribution is -0.111. The topological polar surface area (TPSA) is 42.0 Å². The van der Waals surface area contributed by atoms with Crippen LogP contribution in [0, 0.1) is 0 Å². The lowest BCUT2D eigenvalue weighted by atomic mass is 9.86. The van der Waals surface area contributed by atoms with E-state index in [1.54, 1.807) is 0 Å². The Labute approximate surface area is 148 Å². The number of hydrogen-bond donors (Lipinski definition) is 1. The molecule has 1 amide bonds. The van der Waals surface area contributed by atoms with E-state index in [1.807, 2.05) is 30.5 Å². The van der Waals surface area contributed by atoms with Crippen LogP contribution < -0.4 is 5.32 Å². The van der Waals surface area contributed by atoms with Gasteiger partial charge in [0, 0.05) is 28.2 Å². The fourth-order valence-corrected chi connectivity index (χ4v) is 2.76. The fourth-order valence-electron chi connectivity index (χ4n) is 2.76. The minimum absolute atomic E-state index is 0.123. The Bertz CT molecular complexity index is 934. The van der Waals surface area contributed by atoms with Crippen LogP contribution in [0.2, 0.25) is 0 Å². The van der Waals surface area contributed by atoms with Gasteiger partial charge in [-0.2, -0.15) is 0 Å². The summed E-state index contributed by atoms with van der Waals surface area (Å²) >= 11 is 0. The van der Waals surface area contributed by atoms with Gasteiger partial charge >= 0.3 is 0 Å². The lowest BCUT2D eigenvalue weighted by Gasteiger charge is -2.19. The molecule has 1 heterocycles. The van der Waals surface area contributed by atoms with Crippen molar-refractivity contribution in [3.05, 3.63) is 72.9 Å². The minimum Gasteiger partial charge on any atom is -0.322 e. The maximum Gasteiger partial charge on any atom is 0.247 e. The summed E-state index contributed by atoms with van der Waals surface area (Å²) in [4.78, 5) is 16.2. The minimum atomic E-state index is -0.222. The SMILES string of the molecule is C=CC(=O)Nc1cccc2cnc(-c3ccc(C(C)(C)C)cc3)cc12. The molecule has 0 saturated heterocycles. The molecule has 3 aromatic rings. The molecule has 0 atom stereocenters. The van der Waals surface area contributed by atoms with Crippen molar-refractivity contribution in [3.8, 4) is 11.3 Å². The molecule has 2 aromatic carbocycles. The molecule has 0 bridgehead atoms. The van der Waals surface area contributed by atoms with Gasteiger partial charge in [0.1, 0.15) is 0 Å². The van der Waals surface area contributed by atoms with Gasteiger partial charge in [0.15, 0.2) is 0 Å². The second-order valence-corrected chi connectivity index (χ2v) is 7.12. The first-order valence-corrected chi connectivity index (χ1v) is 8.31. The standard InChI is InChI=1S/C22H22N2O/c1-5-21(25)24-19-8-6-7-16-14-23-20(13-18(16)19)15-9-11-17(12-10-15)22(2,3)4/h5-14H,1H2,2-4H3,(H,24,25). The van der Waals surface area contributed by atoms with Gasteiger partial charge in [-0.3, -0.25) is 9.78 Å². The maximum atomic E-state index is 11.7. The first-order chi connectivity index (χ1) is 11.9. The molecule has 1 N–H and O–H groups in total. The van der Waals surface area contributed by atoms with E-state index in [2.05, 4.69) is 61.9 Å². The van der Waals surface area contributed by atoms with Gasteiger partial charge in [0.05, 0.1) is 5.69 Å². The molecule has 0 aliphatic carbocycles. The van der Waals surface area contributed by atoms with Crippen LogP contribution >= 0.6 is 0 Å². The molecule has 0 saturated carbocycles. The van der Waals surface area contributed by atoms with Gasteiger partial charge < -0.3 is 5.32 Å². The highest BCUT2D eigenvalue weighted by atomic mass is 16.1. The van der Waals surface area contributed by atoms with Crippen molar-refractivity contribution >= 4 is 22.4 Å². The summed E-state index contributed by atoms with van der Waals surface area (Å²) in [6, 6.07) is 16.3. The third kappa shape index (κ3) is 3.61. The summed E-state index contributed by atoms with van der Waals surface area (Å²) < 4.78 is 0. The van der Waals surface area contributed by atoms with Crippen LogP contribution in [-0.2, 0) is 10.2 Å². The molecule has 0 fully saturated rings. The highest BCUT2D eigenvalue weighted by molar-refractivity contribution is 6.06. The van der Waals surface area contributed by atoms with Crippen molar-refractivity contribution in [3.63, 3.8) is 0 Å². The molecule has 3 heteroatoms. The van der Waals surface area contributed by atoms with E-state index < -0.39 is 0 Å². The predicted molar refractivity (Wildman–Crippen MR) is 105 cm³/mol. The van der Waals surface area contributed by atoms with Gasteiger partial charge in [-0.1, -0.05) is 63.7 Å². The maximum absolute atomic E-state index is 11.7. The summed E-state index contributed by atoms with van der Waals surface area (Å²) in [5.74, 6) is -0.222. The number of carbonyl (C=O) groups is 1. The molecule has 1 aromatic heterocycles. The van der Waals surface area contributed by atoms with Crippen molar-refractivity contribution in [2.75, 3.05) is 5.32 Å². The highest BCUT2D eigenvalue weighted by Crippen LogP contribution is 2.29. The lowest BCUT2D eigenvalue weighted by Crippen LogP contribution is -2.10. The van der Waals surface area contributed by atoms with E-state index in [9.17, 15) is 4.79 Å². The number of pyridine rings is 1. The quantitative estimate of drug-likeness (QED) is 0.660. The average molecular weight is 330 g/mol. The summed E-state index contributed by atoms with van der Waals surface area (Å²) in [7, 11) is 0. The number of amides is 1. The smallest absolute Gasteiger partial charge is 0.247 e. The van der Waals surface area contributed by atoms with Crippen LogP contribution in [0.1, 0.15) is 26.3 Å². The van der Waals surface area contributed by atoms with E-state index in [0.717, 1.165) is 27.7 Å². The number of fused-ring (bicyclic) bond motifs is 1.